The smallest absolute Gasteiger partial charge is 0.0868 e. The Morgan fingerprint density at radius 1 is 1.32 bits per heavy atom. The molecule has 0 atom stereocenters. The highest BCUT2D eigenvalue weighted by Crippen LogP contribution is 2.25. The second-order valence-electron chi connectivity index (χ2n) is 4.21. The molecule has 0 saturated heterocycles. The van der Waals surface area contributed by atoms with Gasteiger partial charge >= 0.3 is 0 Å². The van der Waals surface area contributed by atoms with E-state index in [0.29, 0.717) is 6.54 Å². The molecule has 1 aromatic heterocycles. The zero-order valence-corrected chi connectivity index (χ0v) is 13.4. The fourth-order valence-electron chi connectivity index (χ4n) is 1.97. The molecule has 0 aliphatic carbocycles. The van der Waals surface area contributed by atoms with Gasteiger partial charge in [0.25, 0.3) is 0 Å². The van der Waals surface area contributed by atoms with Crippen LogP contribution >= 0.6 is 27.5 Å². The van der Waals surface area contributed by atoms with Crippen molar-refractivity contribution in [2.24, 2.45) is 0 Å². The van der Waals surface area contributed by atoms with E-state index in [-0.39, 0.29) is 0 Å². The molecule has 0 spiro atoms. The molecule has 2 rings (SSSR count). The van der Waals surface area contributed by atoms with Crippen molar-refractivity contribution in [3.8, 4) is 0 Å². The van der Waals surface area contributed by atoms with Crippen LogP contribution in [0, 0.1) is 0 Å². The highest BCUT2D eigenvalue weighted by Gasteiger charge is 2.14. The number of benzene rings is 1. The summed E-state index contributed by atoms with van der Waals surface area (Å²) in [5.74, 6) is 0. The number of aryl methyl sites for hydroxylation is 2. The molecule has 0 radical (unpaired) electrons. The molecule has 19 heavy (non-hydrogen) atoms. The summed E-state index contributed by atoms with van der Waals surface area (Å²) in [5, 5.41) is 8.69. The van der Waals surface area contributed by atoms with Gasteiger partial charge in [-0.25, -0.2) is 0 Å². The van der Waals surface area contributed by atoms with Gasteiger partial charge in [-0.15, -0.1) is 0 Å². The number of hydrogen-bond acceptors (Lipinski definition) is 2. The molecule has 0 aliphatic rings. The van der Waals surface area contributed by atoms with E-state index in [0.717, 1.165) is 39.5 Å². The van der Waals surface area contributed by atoms with Gasteiger partial charge in [0.15, 0.2) is 0 Å². The Kier molecular flexibility index (Phi) is 4.88. The first kappa shape index (κ1) is 14.4. The third-order valence-corrected chi connectivity index (χ3v) is 4.14. The Balaban J connectivity index is 2.20. The zero-order chi connectivity index (χ0) is 13.8. The first-order valence-electron chi connectivity index (χ1n) is 6.39. The van der Waals surface area contributed by atoms with Crippen LogP contribution in [0.5, 0.6) is 0 Å². The van der Waals surface area contributed by atoms with Gasteiger partial charge in [-0.1, -0.05) is 30.7 Å². The molecule has 0 unspecified atom stereocenters. The standard InChI is InChI=1S/C14H17BrClN3/c1-3-11-14(16)13(19(4-2)18-11)9-17-12-8-6-5-7-10(12)15/h5-8,17H,3-4,9H2,1-2H3. The molecule has 0 fully saturated rings. The molecule has 0 saturated carbocycles. The Hall–Kier alpha value is -1.000. The minimum Gasteiger partial charge on any atom is -0.378 e. The normalized spacial score (nSPS) is 10.7. The summed E-state index contributed by atoms with van der Waals surface area (Å²) in [7, 11) is 0. The van der Waals surface area contributed by atoms with Crippen molar-refractivity contribution in [1.29, 1.82) is 0 Å². The summed E-state index contributed by atoms with van der Waals surface area (Å²) < 4.78 is 3.01. The summed E-state index contributed by atoms with van der Waals surface area (Å²) in [5.41, 5.74) is 3.06. The lowest BCUT2D eigenvalue weighted by molar-refractivity contribution is 0.619. The number of nitrogens with one attached hydrogen (secondary N) is 1. The van der Waals surface area contributed by atoms with Crippen LogP contribution in [0.1, 0.15) is 25.2 Å². The maximum atomic E-state index is 6.38. The fourth-order valence-corrected chi connectivity index (χ4v) is 2.73. The average molecular weight is 343 g/mol. The molecule has 1 aromatic carbocycles. The van der Waals surface area contributed by atoms with Crippen molar-refractivity contribution < 1.29 is 0 Å². The van der Waals surface area contributed by atoms with E-state index < -0.39 is 0 Å². The second-order valence-corrected chi connectivity index (χ2v) is 5.44. The Labute approximate surface area is 127 Å². The summed E-state index contributed by atoms with van der Waals surface area (Å²) in [6.07, 6.45) is 0.855. The first-order valence-corrected chi connectivity index (χ1v) is 7.56. The van der Waals surface area contributed by atoms with Gasteiger partial charge in [0.2, 0.25) is 0 Å². The van der Waals surface area contributed by atoms with Crippen molar-refractivity contribution in [2.75, 3.05) is 5.32 Å². The number of rotatable bonds is 5. The molecule has 1 heterocycles. The van der Waals surface area contributed by atoms with Crippen LogP contribution in [-0.4, -0.2) is 9.78 Å². The molecule has 102 valence electrons. The summed E-state index contributed by atoms with van der Waals surface area (Å²) in [4.78, 5) is 0. The molecule has 0 bridgehead atoms. The van der Waals surface area contributed by atoms with Gasteiger partial charge in [0.1, 0.15) is 0 Å². The molecule has 2 aromatic rings. The molecular weight excluding hydrogens is 326 g/mol. The lowest BCUT2D eigenvalue weighted by atomic mass is 10.3. The van der Waals surface area contributed by atoms with E-state index >= 15 is 0 Å². The van der Waals surface area contributed by atoms with Crippen molar-refractivity contribution in [3.05, 3.63) is 45.1 Å². The Bertz CT molecular complexity index is 566. The minimum atomic E-state index is 0.669. The van der Waals surface area contributed by atoms with Crippen molar-refractivity contribution >= 4 is 33.2 Å². The average Bonchev–Trinajstić information content (AvgIpc) is 2.74. The Morgan fingerprint density at radius 3 is 2.68 bits per heavy atom. The van der Waals surface area contributed by atoms with E-state index in [1.165, 1.54) is 0 Å². The Morgan fingerprint density at radius 2 is 2.05 bits per heavy atom. The summed E-state index contributed by atoms with van der Waals surface area (Å²) >= 11 is 9.90. The van der Waals surface area contributed by atoms with E-state index in [1.54, 1.807) is 0 Å². The highest BCUT2D eigenvalue weighted by atomic mass is 79.9. The van der Waals surface area contributed by atoms with Gasteiger partial charge in [-0.05, 0) is 41.4 Å². The van der Waals surface area contributed by atoms with E-state index in [2.05, 4.69) is 40.2 Å². The lowest BCUT2D eigenvalue weighted by Gasteiger charge is -2.10. The van der Waals surface area contributed by atoms with Crippen molar-refractivity contribution in [1.82, 2.24) is 9.78 Å². The van der Waals surface area contributed by atoms with Crippen LogP contribution in [0.15, 0.2) is 28.7 Å². The SMILES string of the molecule is CCc1nn(CC)c(CNc2ccccc2Br)c1Cl. The summed E-state index contributed by atoms with van der Waals surface area (Å²) in [6.45, 7) is 5.64. The maximum Gasteiger partial charge on any atom is 0.0868 e. The lowest BCUT2D eigenvalue weighted by Crippen LogP contribution is -2.08. The largest absolute Gasteiger partial charge is 0.378 e. The second kappa shape index (κ2) is 6.44. The van der Waals surface area contributed by atoms with E-state index in [4.69, 9.17) is 11.6 Å². The third kappa shape index (κ3) is 3.12. The van der Waals surface area contributed by atoms with Crippen LogP contribution in [0.2, 0.25) is 5.02 Å². The predicted molar refractivity (Wildman–Crippen MR) is 83.8 cm³/mol. The quantitative estimate of drug-likeness (QED) is 0.867. The molecule has 5 heteroatoms. The van der Waals surface area contributed by atoms with Crippen LogP contribution in [0.3, 0.4) is 0 Å². The van der Waals surface area contributed by atoms with Crippen LogP contribution < -0.4 is 5.32 Å². The number of para-hydroxylation sites is 1. The molecule has 0 aliphatic heterocycles. The maximum absolute atomic E-state index is 6.38. The number of halogens is 2. The topological polar surface area (TPSA) is 29.9 Å². The number of hydrogen-bond donors (Lipinski definition) is 1. The van der Waals surface area contributed by atoms with Crippen LogP contribution in [0.4, 0.5) is 5.69 Å². The van der Waals surface area contributed by atoms with Gasteiger partial charge in [0.05, 0.1) is 23.0 Å². The first-order chi connectivity index (χ1) is 9.17. The van der Waals surface area contributed by atoms with Crippen molar-refractivity contribution in [2.45, 2.75) is 33.4 Å². The van der Waals surface area contributed by atoms with Crippen LogP contribution in [0.25, 0.3) is 0 Å². The zero-order valence-electron chi connectivity index (χ0n) is 11.1. The highest BCUT2D eigenvalue weighted by molar-refractivity contribution is 9.10. The number of anilines is 1. The van der Waals surface area contributed by atoms with Gasteiger partial charge in [-0.3, -0.25) is 4.68 Å². The minimum absolute atomic E-state index is 0.669. The monoisotopic (exact) mass is 341 g/mol. The van der Waals surface area contributed by atoms with Gasteiger partial charge in [0, 0.05) is 16.7 Å². The van der Waals surface area contributed by atoms with E-state index in [9.17, 15) is 0 Å². The molecule has 1 N–H and O–H groups in total. The number of nitrogens with zero attached hydrogens (tertiary/aromatic N) is 2. The van der Waals surface area contributed by atoms with Crippen LogP contribution in [-0.2, 0) is 19.5 Å². The molecule has 0 amide bonds. The molecule has 3 nitrogen and oxygen atoms in total. The predicted octanol–water partition coefficient (Wildman–Crippen LogP) is 4.49. The van der Waals surface area contributed by atoms with Crippen molar-refractivity contribution in [3.63, 3.8) is 0 Å². The number of aromatic nitrogens is 2. The summed E-state index contributed by atoms with van der Waals surface area (Å²) in [6, 6.07) is 8.04. The van der Waals surface area contributed by atoms with Gasteiger partial charge < -0.3 is 5.32 Å². The van der Waals surface area contributed by atoms with Gasteiger partial charge in [-0.2, -0.15) is 5.10 Å². The third-order valence-electron chi connectivity index (χ3n) is 3.01. The molecular formula is C14H17BrClN3. The fraction of sp³-hybridized carbons (Fsp3) is 0.357. The van der Waals surface area contributed by atoms with E-state index in [1.807, 2.05) is 28.9 Å².